The summed E-state index contributed by atoms with van der Waals surface area (Å²) in [7, 11) is 1.82. The number of rotatable bonds is 4. The molecule has 1 aromatic heterocycles. The number of aromatic nitrogens is 4. The number of aryl methyl sites for hydroxylation is 1. The maximum absolute atomic E-state index is 5.96. The summed E-state index contributed by atoms with van der Waals surface area (Å²) < 4.78 is 1.65. The molecule has 0 radical (unpaired) electrons. The maximum atomic E-state index is 5.96. The number of nitrogens with zero attached hydrogens (tertiary/aromatic N) is 4. The van der Waals surface area contributed by atoms with Crippen LogP contribution < -0.4 is 5.73 Å². The molecule has 2 rings (SSSR count). The standard InChI is InChI=1S/C11H15N5S/c1-3-10(12)8-4-6-9(7-5-8)17-11-13-14-15-16(11)2/h4-7,10H,3,12H2,1-2H3/t10-/m0/s1. The van der Waals surface area contributed by atoms with Crippen LogP contribution in [0, 0.1) is 0 Å². The fourth-order valence-corrected chi connectivity index (χ4v) is 2.16. The Bertz CT molecular complexity index is 479. The Labute approximate surface area is 104 Å². The number of benzene rings is 1. The van der Waals surface area contributed by atoms with Crippen molar-refractivity contribution in [1.82, 2.24) is 20.2 Å². The van der Waals surface area contributed by atoms with Gasteiger partial charge in [0.2, 0.25) is 5.16 Å². The van der Waals surface area contributed by atoms with Crippen LogP contribution in [0.4, 0.5) is 0 Å². The molecule has 0 amide bonds. The number of nitrogens with two attached hydrogens (primary N) is 1. The molecule has 6 heteroatoms. The highest BCUT2D eigenvalue weighted by molar-refractivity contribution is 7.99. The van der Waals surface area contributed by atoms with Gasteiger partial charge < -0.3 is 5.73 Å². The van der Waals surface area contributed by atoms with Gasteiger partial charge in [0.05, 0.1) is 0 Å². The fraction of sp³-hybridized carbons (Fsp3) is 0.364. The van der Waals surface area contributed by atoms with Crippen LogP contribution in [0.1, 0.15) is 24.9 Å². The third kappa shape index (κ3) is 2.83. The van der Waals surface area contributed by atoms with E-state index in [0.717, 1.165) is 22.0 Å². The van der Waals surface area contributed by atoms with Gasteiger partial charge in [-0.3, -0.25) is 0 Å². The van der Waals surface area contributed by atoms with E-state index in [9.17, 15) is 0 Å². The molecule has 5 nitrogen and oxygen atoms in total. The first-order chi connectivity index (χ1) is 8.20. The highest BCUT2D eigenvalue weighted by Crippen LogP contribution is 2.26. The monoisotopic (exact) mass is 249 g/mol. The second-order valence-corrected chi connectivity index (χ2v) is 4.81. The average molecular weight is 249 g/mol. The van der Waals surface area contributed by atoms with Crippen molar-refractivity contribution in [2.24, 2.45) is 12.8 Å². The Balaban J connectivity index is 2.11. The predicted molar refractivity (Wildman–Crippen MR) is 66.6 cm³/mol. The van der Waals surface area contributed by atoms with Crippen LogP contribution in [0.3, 0.4) is 0 Å². The van der Waals surface area contributed by atoms with Crippen molar-refractivity contribution < 1.29 is 0 Å². The van der Waals surface area contributed by atoms with Gasteiger partial charge in [0.15, 0.2) is 0 Å². The van der Waals surface area contributed by atoms with Gasteiger partial charge in [0.25, 0.3) is 0 Å². The molecular weight excluding hydrogens is 234 g/mol. The minimum Gasteiger partial charge on any atom is -0.324 e. The zero-order chi connectivity index (χ0) is 12.3. The topological polar surface area (TPSA) is 69.6 Å². The van der Waals surface area contributed by atoms with Crippen molar-refractivity contribution in [3.8, 4) is 0 Å². The lowest BCUT2D eigenvalue weighted by atomic mass is 10.1. The van der Waals surface area contributed by atoms with Gasteiger partial charge in [-0.2, -0.15) is 0 Å². The molecule has 0 saturated carbocycles. The summed E-state index contributed by atoms with van der Waals surface area (Å²) in [5.74, 6) is 0. The molecule has 2 aromatic rings. The van der Waals surface area contributed by atoms with Crippen LogP contribution in [-0.4, -0.2) is 20.2 Å². The maximum Gasteiger partial charge on any atom is 0.213 e. The van der Waals surface area contributed by atoms with Gasteiger partial charge in [0, 0.05) is 18.0 Å². The molecular formula is C11H15N5S. The van der Waals surface area contributed by atoms with E-state index in [2.05, 4.69) is 34.6 Å². The summed E-state index contributed by atoms with van der Waals surface area (Å²) in [5.41, 5.74) is 7.12. The third-order valence-corrected chi connectivity index (χ3v) is 3.57. The van der Waals surface area contributed by atoms with Crippen LogP contribution in [-0.2, 0) is 7.05 Å². The zero-order valence-corrected chi connectivity index (χ0v) is 10.7. The molecule has 0 saturated heterocycles. The number of hydrogen-bond donors (Lipinski definition) is 1. The Morgan fingerprint density at radius 2 is 2.06 bits per heavy atom. The van der Waals surface area contributed by atoms with Crippen LogP contribution in [0.2, 0.25) is 0 Å². The van der Waals surface area contributed by atoms with Crippen LogP contribution in [0.15, 0.2) is 34.3 Å². The largest absolute Gasteiger partial charge is 0.324 e. The van der Waals surface area contributed by atoms with E-state index in [0.29, 0.717) is 0 Å². The molecule has 0 aliphatic heterocycles. The Hall–Kier alpha value is -1.40. The van der Waals surface area contributed by atoms with Gasteiger partial charge in [-0.1, -0.05) is 19.1 Å². The molecule has 0 fully saturated rings. The smallest absolute Gasteiger partial charge is 0.213 e. The molecule has 0 bridgehead atoms. The Kier molecular flexibility index (Phi) is 3.75. The molecule has 0 unspecified atom stereocenters. The number of hydrogen-bond acceptors (Lipinski definition) is 5. The van der Waals surface area contributed by atoms with Gasteiger partial charge >= 0.3 is 0 Å². The first-order valence-electron chi connectivity index (χ1n) is 5.46. The lowest BCUT2D eigenvalue weighted by Crippen LogP contribution is -2.07. The van der Waals surface area contributed by atoms with Crippen LogP contribution in [0.25, 0.3) is 0 Å². The summed E-state index contributed by atoms with van der Waals surface area (Å²) in [4.78, 5) is 1.11. The molecule has 17 heavy (non-hydrogen) atoms. The normalized spacial score (nSPS) is 12.6. The molecule has 0 aliphatic rings. The Morgan fingerprint density at radius 1 is 1.35 bits per heavy atom. The van der Waals surface area contributed by atoms with E-state index < -0.39 is 0 Å². The van der Waals surface area contributed by atoms with Crippen molar-refractivity contribution in [2.75, 3.05) is 0 Å². The molecule has 1 atom stereocenters. The first-order valence-corrected chi connectivity index (χ1v) is 6.28. The molecule has 1 heterocycles. The molecule has 90 valence electrons. The van der Waals surface area contributed by atoms with Crippen LogP contribution >= 0.6 is 11.8 Å². The minimum absolute atomic E-state index is 0.116. The van der Waals surface area contributed by atoms with Crippen LogP contribution in [0.5, 0.6) is 0 Å². The van der Waals surface area contributed by atoms with Crippen molar-refractivity contribution in [3.05, 3.63) is 29.8 Å². The molecule has 1 aromatic carbocycles. The van der Waals surface area contributed by atoms with Gasteiger partial charge in [-0.05, 0) is 46.3 Å². The quantitative estimate of drug-likeness (QED) is 0.894. The Morgan fingerprint density at radius 3 is 2.59 bits per heavy atom. The summed E-state index contributed by atoms with van der Waals surface area (Å²) in [5, 5.41) is 12.1. The lowest BCUT2D eigenvalue weighted by Gasteiger charge is -2.09. The second kappa shape index (κ2) is 5.29. The third-order valence-electron chi connectivity index (χ3n) is 2.54. The molecule has 2 N–H and O–H groups in total. The highest BCUT2D eigenvalue weighted by atomic mass is 32.2. The minimum atomic E-state index is 0.116. The van der Waals surface area contributed by atoms with E-state index in [1.54, 1.807) is 4.68 Å². The van der Waals surface area contributed by atoms with Gasteiger partial charge in [-0.25, -0.2) is 4.68 Å². The summed E-state index contributed by atoms with van der Waals surface area (Å²) >= 11 is 1.53. The SMILES string of the molecule is CC[C@H](N)c1ccc(Sc2nnnn2C)cc1. The van der Waals surface area contributed by atoms with E-state index >= 15 is 0 Å². The lowest BCUT2D eigenvalue weighted by molar-refractivity contribution is 0.664. The second-order valence-electron chi connectivity index (χ2n) is 3.77. The summed E-state index contributed by atoms with van der Waals surface area (Å²) in [6.45, 7) is 2.08. The first kappa shape index (κ1) is 12.1. The van der Waals surface area contributed by atoms with Crippen molar-refractivity contribution >= 4 is 11.8 Å². The van der Waals surface area contributed by atoms with Crippen molar-refractivity contribution in [3.63, 3.8) is 0 Å². The van der Waals surface area contributed by atoms with Gasteiger partial charge in [-0.15, -0.1) is 5.10 Å². The van der Waals surface area contributed by atoms with E-state index in [1.165, 1.54) is 11.8 Å². The highest BCUT2D eigenvalue weighted by Gasteiger charge is 2.06. The van der Waals surface area contributed by atoms with E-state index in [4.69, 9.17) is 5.73 Å². The van der Waals surface area contributed by atoms with E-state index in [-0.39, 0.29) is 6.04 Å². The van der Waals surface area contributed by atoms with E-state index in [1.807, 2.05) is 19.2 Å². The predicted octanol–water partition coefficient (Wildman–Crippen LogP) is 1.77. The molecule has 0 spiro atoms. The number of tetrazole rings is 1. The summed E-state index contributed by atoms with van der Waals surface area (Å²) in [6.07, 6.45) is 0.944. The van der Waals surface area contributed by atoms with Gasteiger partial charge in [0.1, 0.15) is 0 Å². The zero-order valence-electron chi connectivity index (χ0n) is 9.87. The van der Waals surface area contributed by atoms with Crippen molar-refractivity contribution in [2.45, 2.75) is 29.4 Å². The average Bonchev–Trinajstić information content (AvgIpc) is 2.75. The fourth-order valence-electron chi connectivity index (χ4n) is 1.43. The van der Waals surface area contributed by atoms with Crippen molar-refractivity contribution in [1.29, 1.82) is 0 Å². The molecule has 0 aliphatic carbocycles. The summed E-state index contributed by atoms with van der Waals surface area (Å²) in [6, 6.07) is 8.32.